The number of aliphatic hydroxyl groups excluding tert-OH is 1. The molecule has 4 aromatic rings. The van der Waals surface area contributed by atoms with Crippen molar-refractivity contribution in [1.29, 1.82) is 0 Å². The fraction of sp³-hybridized carbons (Fsp3) is 0.115. The monoisotopic (exact) mass is 380 g/mol. The normalized spacial score (nSPS) is 20.0. The predicted molar refractivity (Wildman–Crippen MR) is 114 cm³/mol. The molecular weight excluding hydrogens is 360 g/mol. The van der Waals surface area contributed by atoms with E-state index in [0.717, 1.165) is 27.1 Å². The summed E-state index contributed by atoms with van der Waals surface area (Å²) in [4.78, 5) is 12.8. The van der Waals surface area contributed by atoms with E-state index in [9.17, 15) is 9.90 Å². The van der Waals surface area contributed by atoms with E-state index in [1.54, 1.807) is 0 Å². The van der Waals surface area contributed by atoms with Crippen molar-refractivity contribution in [1.82, 2.24) is 0 Å². The summed E-state index contributed by atoms with van der Waals surface area (Å²) in [5, 5.41) is 15.5. The van der Waals surface area contributed by atoms with Crippen molar-refractivity contribution < 1.29 is 14.6 Å². The van der Waals surface area contributed by atoms with Crippen molar-refractivity contribution in [2.75, 3.05) is 0 Å². The molecule has 29 heavy (non-hydrogen) atoms. The Morgan fingerprint density at radius 2 is 1.38 bits per heavy atom. The van der Waals surface area contributed by atoms with Gasteiger partial charge in [0.15, 0.2) is 5.78 Å². The Morgan fingerprint density at radius 1 is 0.759 bits per heavy atom. The number of hydrogen-bond donors (Lipinski definition) is 1. The maximum absolute atomic E-state index is 12.8. The van der Waals surface area contributed by atoms with Crippen molar-refractivity contribution in [3.8, 4) is 0 Å². The molecule has 1 aliphatic heterocycles. The first kappa shape index (κ1) is 17.7. The first-order chi connectivity index (χ1) is 14.2. The summed E-state index contributed by atoms with van der Waals surface area (Å²) < 4.78 is 5.86. The number of carbonyl (C=O) groups is 1. The third kappa shape index (κ3) is 3.20. The standard InChI is InChI=1S/C26H20O3/c27-23-13-14-29-26(22-12-10-18-6-2-4-8-20(18)16-22)24(23)25(28)21-11-9-17-5-1-3-7-19(17)15-21/h1-16,24-26,28H/t24-,25-,26-/m0/s1. The molecule has 0 amide bonds. The van der Waals surface area contributed by atoms with Gasteiger partial charge < -0.3 is 9.84 Å². The highest BCUT2D eigenvalue weighted by molar-refractivity contribution is 5.94. The molecule has 0 aliphatic carbocycles. The average Bonchev–Trinajstić information content (AvgIpc) is 2.78. The van der Waals surface area contributed by atoms with Crippen molar-refractivity contribution in [2.24, 2.45) is 5.92 Å². The van der Waals surface area contributed by atoms with Crippen LogP contribution in [0.3, 0.4) is 0 Å². The highest BCUT2D eigenvalue weighted by atomic mass is 16.5. The second kappa shape index (κ2) is 7.19. The van der Waals surface area contributed by atoms with E-state index in [4.69, 9.17) is 4.74 Å². The molecule has 3 atom stereocenters. The van der Waals surface area contributed by atoms with Crippen LogP contribution in [0.25, 0.3) is 21.5 Å². The van der Waals surface area contributed by atoms with Gasteiger partial charge in [-0.1, -0.05) is 72.8 Å². The number of carbonyl (C=O) groups excluding carboxylic acids is 1. The van der Waals surface area contributed by atoms with Crippen molar-refractivity contribution in [2.45, 2.75) is 12.2 Å². The zero-order valence-corrected chi connectivity index (χ0v) is 15.7. The van der Waals surface area contributed by atoms with Crippen molar-refractivity contribution in [3.63, 3.8) is 0 Å². The number of fused-ring (bicyclic) bond motifs is 2. The summed E-state index contributed by atoms with van der Waals surface area (Å²) >= 11 is 0. The summed E-state index contributed by atoms with van der Waals surface area (Å²) in [5.41, 5.74) is 1.60. The van der Waals surface area contributed by atoms with Gasteiger partial charge in [-0.2, -0.15) is 0 Å². The summed E-state index contributed by atoms with van der Waals surface area (Å²) in [6.45, 7) is 0. The molecular formula is C26H20O3. The summed E-state index contributed by atoms with van der Waals surface area (Å²) in [7, 11) is 0. The minimum atomic E-state index is -0.964. The van der Waals surface area contributed by atoms with Gasteiger partial charge in [0.1, 0.15) is 6.10 Å². The number of rotatable bonds is 3. The van der Waals surface area contributed by atoms with Crippen LogP contribution in [-0.4, -0.2) is 10.9 Å². The molecule has 1 aliphatic rings. The Morgan fingerprint density at radius 3 is 2.10 bits per heavy atom. The molecule has 1 N–H and O–H groups in total. The minimum Gasteiger partial charge on any atom is -0.492 e. The van der Waals surface area contributed by atoms with Crippen molar-refractivity contribution in [3.05, 3.63) is 108 Å². The first-order valence-corrected chi connectivity index (χ1v) is 9.72. The van der Waals surface area contributed by atoms with E-state index in [0.29, 0.717) is 5.56 Å². The fourth-order valence-corrected chi connectivity index (χ4v) is 4.13. The highest BCUT2D eigenvalue weighted by Crippen LogP contribution is 2.40. The van der Waals surface area contributed by atoms with E-state index >= 15 is 0 Å². The van der Waals surface area contributed by atoms with Crippen LogP contribution in [0, 0.1) is 5.92 Å². The van der Waals surface area contributed by atoms with Crippen LogP contribution in [0.4, 0.5) is 0 Å². The number of allylic oxidation sites excluding steroid dienone is 1. The van der Waals surface area contributed by atoms with Gasteiger partial charge in [0.2, 0.25) is 0 Å². The van der Waals surface area contributed by atoms with Crippen LogP contribution >= 0.6 is 0 Å². The third-order valence-corrected chi connectivity index (χ3v) is 5.67. The van der Waals surface area contributed by atoms with Gasteiger partial charge in [-0.3, -0.25) is 4.79 Å². The average molecular weight is 380 g/mol. The lowest BCUT2D eigenvalue weighted by molar-refractivity contribution is -0.130. The van der Waals surface area contributed by atoms with Gasteiger partial charge in [-0.15, -0.1) is 0 Å². The molecule has 142 valence electrons. The van der Waals surface area contributed by atoms with Gasteiger partial charge in [0, 0.05) is 6.08 Å². The number of ether oxygens (including phenoxy) is 1. The Balaban J connectivity index is 1.55. The molecule has 0 fully saturated rings. The predicted octanol–water partition coefficient (Wildman–Crippen LogP) is 5.50. The lowest BCUT2D eigenvalue weighted by Gasteiger charge is -2.32. The maximum atomic E-state index is 12.8. The molecule has 0 unspecified atom stereocenters. The molecule has 0 bridgehead atoms. The lowest BCUT2D eigenvalue weighted by Crippen LogP contribution is -2.31. The van der Waals surface area contributed by atoms with Crippen LogP contribution in [0.1, 0.15) is 23.3 Å². The quantitative estimate of drug-likeness (QED) is 0.511. The second-order valence-corrected chi connectivity index (χ2v) is 7.45. The van der Waals surface area contributed by atoms with Crippen LogP contribution in [0.2, 0.25) is 0 Å². The third-order valence-electron chi connectivity index (χ3n) is 5.67. The molecule has 3 nitrogen and oxygen atoms in total. The summed E-state index contributed by atoms with van der Waals surface area (Å²) in [6, 6.07) is 27.9. The molecule has 4 aromatic carbocycles. The zero-order valence-electron chi connectivity index (χ0n) is 15.7. The van der Waals surface area contributed by atoms with E-state index < -0.39 is 18.1 Å². The number of aliphatic hydroxyl groups is 1. The largest absolute Gasteiger partial charge is 0.492 e. The van der Waals surface area contributed by atoms with E-state index in [1.165, 1.54) is 12.3 Å². The van der Waals surface area contributed by atoms with Crippen LogP contribution in [-0.2, 0) is 9.53 Å². The molecule has 1 heterocycles. The second-order valence-electron chi connectivity index (χ2n) is 7.45. The van der Waals surface area contributed by atoms with Gasteiger partial charge >= 0.3 is 0 Å². The lowest BCUT2D eigenvalue weighted by atomic mass is 9.82. The molecule has 0 spiro atoms. The van der Waals surface area contributed by atoms with Gasteiger partial charge in [-0.25, -0.2) is 0 Å². The number of ketones is 1. The molecule has 0 radical (unpaired) electrons. The number of benzene rings is 4. The molecule has 0 aromatic heterocycles. The van der Waals surface area contributed by atoms with Gasteiger partial charge in [-0.05, 0) is 44.8 Å². The van der Waals surface area contributed by atoms with E-state index in [1.807, 2.05) is 84.9 Å². The van der Waals surface area contributed by atoms with Crippen LogP contribution in [0.5, 0.6) is 0 Å². The Hall–Kier alpha value is -3.43. The minimum absolute atomic E-state index is 0.130. The highest BCUT2D eigenvalue weighted by Gasteiger charge is 2.38. The van der Waals surface area contributed by atoms with Crippen LogP contribution < -0.4 is 0 Å². The smallest absolute Gasteiger partial charge is 0.168 e. The van der Waals surface area contributed by atoms with E-state index in [-0.39, 0.29) is 5.78 Å². The molecule has 5 rings (SSSR count). The van der Waals surface area contributed by atoms with Gasteiger partial charge in [0.25, 0.3) is 0 Å². The number of hydrogen-bond acceptors (Lipinski definition) is 3. The summed E-state index contributed by atoms with van der Waals surface area (Å²) in [5.74, 6) is -0.836. The van der Waals surface area contributed by atoms with Crippen LogP contribution in [0.15, 0.2) is 97.3 Å². The topological polar surface area (TPSA) is 46.5 Å². The molecule has 0 saturated heterocycles. The Kier molecular flexibility index (Phi) is 4.38. The fourth-order valence-electron chi connectivity index (χ4n) is 4.13. The summed E-state index contributed by atoms with van der Waals surface area (Å²) in [6.07, 6.45) is 1.34. The van der Waals surface area contributed by atoms with E-state index in [2.05, 4.69) is 0 Å². The SMILES string of the molecule is O=C1C=CO[C@@H](c2ccc3ccccc3c2)[C@@H]1[C@@H](O)c1ccc2ccccc2c1. The molecule has 3 heteroatoms. The Bertz CT molecular complexity index is 1240. The molecule has 0 saturated carbocycles. The zero-order chi connectivity index (χ0) is 19.8. The maximum Gasteiger partial charge on any atom is 0.168 e. The van der Waals surface area contributed by atoms with Crippen molar-refractivity contribution >= 4 is 27.3 Å². The Labute approximate surface area is 168 Å². The first-order valence-electron chi connectivity index (χ1n) is 9.72. The van der Waals surface area contributed by atoms with Gasteiger partial charge in [0.05, 0.1) is 18.3 Å².